The van der Waals surface area contributed by atoms with Crippen LogP contribution in [0.2, 0.25) is 0 Å². The molecule has 1 heterocycles. The third-order valence-electron chi connectivity index (χ3n) is 3.61. The lowest BCUT2D eigenvalue weighted by Gasteiger charge is -2.25. The van der Waals surface area contributed by atoms with Crippen LogP contribution in [-0.2, 0) is 9.53 Å². The normalized spacial score (nSPS) is 25.4. The van der Waals surface area contributed by atoms with Crippen molar-refractivity contribution in [2.75, 3.05) is 19.7 Å². The van der Waals surface area contributed by atoms with E-state index in [0.29, 0.717) is 12.5 Å². The number of hydrogen-bond donors (Lipinski definition) is 1. The number of carbonyl (C=O) groups is 1. The first-order valence-corrected chi connectivity index (χ1v) is 6.23. The second-order valence-corrected chi connectivity index (χ2v) is 4.80. The van der Waals surface area contributed by atoms with Gasteiger partial charge in [-0.15, -0.1) is 12.4 Å². The topological polar surface area (TPSA) is 38.3 Å². The van der Waals surface area contributed by atoms with Gasteiger partial charge in [0.15, 0.2) is 0 Å². The predicted molar refractivity (Wildman–Crippen MR) is 65.8 cm³/mol. The first-order chi connectivity index (χ1) is 7.36. The van der Waals surface area contributed by atoms with Crippen LogP contribution < -0.4 is 5.32 Å². The van der Waals surface area contributed by atoms with Crippen molar-refractivity contribution < 1.29 is 9.53 Å². The number of nitrogens with one attached hydrogen (secondary N) is 1. The monoisotopic (exact) mass is 247 g/mol. The fraction of sp³-hybridized carbons (Fsp3) is 0.917. The molecule has 2 fully saturated rings. The molecular weight excluding hydrogens is 226 g/mol. The second-order valence-electron chi connectivity index (χ2n) is 4.80. The van der Waals surface area contributed by atoms with Crippen molar-refractivity contribution in [3.05, 3.63) is 0 Å². The van der Waals surface area contributed by atoms with Crippen molar-refractivity contribution in [3.63, 3.8) is 0 Å². The van der Waals surface area contributed by atoms with Gasteiger partial charge in [0.1, 0.15) is 0 Å². The van der Waals surface area contributed by atoms with E-state index >= 15 is 0 Å². The maximum Gasteiger partial charge on any atom is 0.308 e. The van der Waals surface area contributed by atoms with Crippen LogP contribution in [0.4, 0.5) is 0 Å². The van der Waals surface area contributed by atoms with Gasteiger partial charge in [0.25, 0.3) is 0 Å². The summed E-state index contributed by atoms with van der Waals surface area (Å²) in [6.45, 7) is 2.88. The average Bonchev–Trinajstić information content (AvgIpc) is 2.16. The Hall–Kier alpha value is -0.280. The number of piperidine rings is 1. The molecule has 0 radical (unpaired) electrons. The van der Waals surface area contributed by atoms with Gasteiger partial charge in [0.05, 0.1) is 12.5 Å². The van der Waals surface area contributed by atoms with E-state index in [2.05, 4.69) is 5.32 Å². The van der Waals surface area contributed by atoms with Crippen LogP contribution in [0.5, 0.6) is 0 Å². The van der Waals surface area contributed by atoms with E-state index in [0.717, 1.165) is 32.4 Å². The average molecular weight is 248 g/mol. The van der Waals surface area contributed by atoms with E-state index in [1.54, 1.807) is 0 Å². The molecule has 0 amide bonds. The molecule has 1 unspecified atom stereocenters. The molecule has 1 N–H and O–H groups in total. The molecule has 0 aromatic heterocycles. The minimum atomic E-state index is 0. The number of halogens is 1. The molecular formula is C12H22ClNO2. The first-order valence-electron chi connectivity index (χ1n) is 6.23. The Morgan fingerprint density at radius 2 is 2.06 bits per heavy atom. The molecule has 0 bridgehead atoms. The summed E-state index contributed by atoms with van der Waals surface area (Å²) >= 11 is 0. The number of ether oxygens (including phenoxy) is 1. The van der Waals surface area contributed by atoms with Gasteiger partial charge in [-0.05, 0) is 51.1 Å². The Labute approximate surface area is 104 Å². The molecule has 94 valence electrons. The van der Waals surface area contributed by atoms with Gasteiger partial charge in [-0.1, -0.05) is 6.42 Å². The Morgan fingerprint density at radius 3 is 2.62 bits per heavy atom. The van der Waals surface area contributed by atoms with Crippen molar-refractivity contribution in [2.24, 2.45) is 11.8 Å². The van der Waals surface area contributed by atoms with Gasteiger partial charge in [0, 0.05) is 0 Å². The summed E-state index contributed by atoms with van der Waals surface area (Å²) in [4.78, 5) is 11.4. The van der Waals surface area contributed by atoms with Crippen LogP contribution in [0.15, 0.2) is 0 Å². The maximum atomic E-state index is 11.4. The zero-order valence-electron chi connectivity index (χ0n) is 9.74. The highest BCUT2D eigenvalue weighted by Gasteiger charge is 2.26. The Morgan fingerprint density at radius 1 is 1.25 bits per heavy atom. The SMILES string of the molecule is Cl.O=C(OCCC1CCCNC1)C1CCC1. The van der Waals surface area contributed by atoms with E-state index in [1.807, 2.05) is 0 Å². The van der Waals surface area contributed by atoms with Gasteiger partial charge in [-0.3, -0.25) is 4.79 Å². The first kappa shape index (κ1) is 13.8. The summed E-state index contributed by atoms with van der Waals surface area (Å²) < 4.78 is 5.28. The van der Waals surface area contributed by atoms with Crippen LogP contribution in [0.3, 0.4) is 0 Å². The molecule has 1 saturated carbocycles. The van der Waals surface area contributed by atoms with Crippen molar-refractivity contribution >= 4 is 18.4 Å². The number of carbonyl (C=O) groups excluding carboxylic acids is 1. The largest absolute Gasteiger partial charge is 0.465 e. The molecule has 3 nitrogen and oxygen atoms in total. The summed E-state index contributed by atoms with van der Waals surface area (Å²) in [6.07, 6.45) is 6.88. The lowest BCUT2D eigenvalue weighted by atomic mass is 9.86. The third kappa shape index (κ3) is 3.95. The van der Waals surface area contributed by atoms with Crippen molar-refractivity contribution in [1.29, 1.82) is 0 Å². The van der Waals surface area contributed by atoms with Crippen LogP contribution >= 0.6 is 12.4 Å². The van der Waals surface area contributed by atoms with Gasteiger partial charge < -0.3 is 10.1 Å². The quantitative estimate of drug-likeness (QED) is 0.774. The molecule has 1 aliphatic heterocycles. The van der Waals surface area contributed by atoms with Gasteiger partial charge >= 0.3 is 5.97 Å². The molecule has 1 saturated heterocycles. The van der Waals surface area contributed by atoms with Crippen molar-refractivity contribution in [1.82, 2.24) is 5.32 Å². The smallest absolute Gasteiger partial charge is 0.308 e. The van der Waals surface area contributed by atoms with Crippen LogP contribution in [-0.4, -0.2) is 25.7 Å². The standard InChI is InChI=1S/C12H21NO2.ClH/c14-12(11-4-1-5-11)15-8-6-10-3-2-7-13-9-10;/h10-11,13H,1-9H2;1H. The zero-order chi connectivity index (χ0) is 10.5. The van der Waals surface area contributed by atoms with E-state index in [1.165, 1.54) is 19.3 Å². The predicted octanol–water partition coefficient (Wildman–Crippen LogP) is 2.14. The minimum absolute atomic E-state index is 0. The van der Waals surface area contributed by atoms with E-state index in [-0.39, 0.29) is 24.3 Å². The van der Waals surface area contributed by atoms with Gasteiger partial charge in [-0.25, -0.2) is 0 Å². The summed E-state index contributed by atoms with van der Waals surface area (Å²) in [7, 11) is 0. The summed E-state index contributed by atoms with van der Waals surface area (Å²) in [5, 5.41) is 3.38. The minimum Gasteiger partial charge on any atom is -0.465 e. The van der Waals surface area contributed by atoms with Gasteiger partial charge in [-0.2, -0.15) is 0 Å². The fourth-order valence-electron chi connectivity index (χ4n) is 2.26. The molecule has 0 aromatic rings. The molecule has 1 atom stereocenters. The number of hydrogen-bond acceptors (Lipinski definition) is 3. The molecule has 1 aliphatic carbocycles. The summed E-state index contributed by atoms with van der Waals surface area (Å²) in [5.74, 6) is 0.993. The Kier molecular flexibility index (Phi) is 6.14. The molecule has 2 aliphatic rings. The van der Waals surface area contributed by atoms with Crippen molar-refractivity contribution in [3.8, 4) is 0 Å². The maximum absolute atomic E-state index is 11.4. The molecule has 0 aromatic carbocycles. The third-order valence-corrected chi connectivity index (χ3v) is 3.61. The molecule has 2 rings (SSSR count). The molecule has 0 spiro atoms. The van der Waals surface area contributed by atoms with Crippen molar-refractivity contribution in [2.45, 2.75) is 38.5 Å². The van der Waals surface area contributed by atoms with E-state index < -0.39 is 0 Å². The summed E-state index contributed by atoms with van der Waals surface area (Å²) in [6, 6.07) is 0. The Balaban J connectivity index is 0.00000128. The highest BCUT2D eigenvalue weighted by molar-refractivity contribution is 5.85. The highest BCUT2D eigenvalue weighted by atomic mass is 35.5. The lowest BCUT2D eigenvalue weighted by molar-refractivity contribution is -0.151. The second kappa shape index (κ2) is 7.13. The molecule has 16 heavy (non-hydrogen) atoms. The fourth-order valence-corrected chi connectivity index (χ4v) is 2.26. The highest BCUT2D eigenvalue weighted by Crippen LogP contribution is 2.27. The van der Waals surface area contributed by atoms with Gasteiger partial charge in [0.2, 0.25) is 0 Å². The van der Waals surface area contributed by atoms with Crippen LogP contribution in [0, 0.1) is 11.8 Å². The summed E-state index contributed by atoms with van der Waals surface area (Å²) in [5.41, 5.74) is 0. The number of esters is 1. The van der Waals surface area contributed by atoms with Crippen LogP contribution in [0.25, 0.3) is 0 Å². The van der Waals surface area contributed by atoms with Crippen LogP contribution in [0.1, 0.15) is 38.5 Å². The van der Waals surface area contributed by atoms with E-state index in [4.69, 9.17) is 4.74 Å². The van der Waals surface area contributed by atoms with E-state index in [9.17, 15) is 4.79 Å². The zero-order valence-corrected chi connectivity index (χ0v) is 10.6. The Bertz CT molecular complexity index is 213. The number of rotatable bonds is 4. The molecule has 4 heteroatoms. The lowest BCUT2D eigenvalue weighted by Crippen LogP contribution is -2.31.